The van der Waals surface area contributed by atoms with Crippen LogP contribution in [0.5, 0.6) is 0 Å². The van der Waals surface area contributed by atoms with Crippen molar-refractivity contribution in [3.63, 3.8) is 0 Å². The molecule has 0 radical (unpaired) electrons. The number of ether oxygens (including phenoxy) is 1. The van der Waals surface area contributed by atoms with Gasteiger partial charge in [-0.2, -0.15) is 0 Å². The Hall–Kier alpha value is -2.28. The van der Waals surface area contributed by atoms with Gasteiger partial charge in [-0.1, -0.05) is 19.1 Å². The van der Waals surface area contributed by atoms with Gasteiger partial charge in [-0.3, -0.25) is 14.3 Å². The molecule has 1 aromatic carbocycles. The van der Waals surface area contributed by atoms with Crippen molar-refractivity contribution in [2.45, 2.75) is 45.2 Å². The quantitative estimate of drug-likeness (QED) is 0.745. The molecule has 0 N–H and O–H groups in total. The van der Waals surface area contributed by atoms with E-state index >= 15 is 0 Å². The summed E-state index contributed by atoms with van der Waals surface area (Å²) < 4.78 is 8.53. The van der Waals surface area contributed by atoms with Gasteiger partial charge in [0.15, 0.2) is 0 Å². The highest BCUT2D eigenvalue weighted by Crippen LogP contribution is 2.42. The third-order valence-corrected chi connectivity index (χ3v) is 5.95. The standard InChI is InChI=1S/C20H27N3O4/c1-4-9-21-11-13(19(24)27-5-2)10-15-14-7-6-8-16-18(14)22(12-17(15)21)20(25)23(16)26-3/h6-8,13,15,17H,4-5,9-12H2,1-3H3. The van der Waals surface area contributed by atoms with E-state index in [2.05, 4.69) is 17.9 Å². The molecule has 3 atom stereocenters. The number of fused-ring (bicyclic) bond motifs is 2. The van der Waals surface area contributed by atoms with Gasteiger partial charge in [-0.25, -0.2) is 4.79 Å². The van der Waals surface area contributed by atoms with Crippen molar-refractivity contribution in [3.8, 4) is 0 Å². The van der Waals surface area contributed by atoms with Crippen LogP contribution in [-0.2, 0) is 16.1 Å². The van der Waals surface area contributed by atoms with Crippen LogP contribution in [-0.4, -0.2) is 53.0 Å². The lowest BCUT2D eigenvalue weighted by Crippen LogP contribution is -2.53. The van der Waals surface area contributed by atoms with Gasteiger partial charge in [-0.05, 0) is 37.9 Å². The second-order valence-electron chi connectivity index (χ2n) is 7.44. The molecular weight excluding hydrogens is 346 g/mol. The number of esters is 1. The number of piperidine rings is 1. The first-order valence-electron chi connectivity index (χ1n) is 9.80. The molecule has 1 aromatic heterocycles. The fourth-order valence-electron chi connectivity index (χ4n) is 4.91. The predicted octanol–water partition coefficient (Wildman–Crippen LogP) is 1.62. The highest BCUT2D eigenvalue weighted by atomic mass is 16.7. The summed E-state index contributed by atoms with van der Waals surface area (Å²) >= 11 is 0. The van der Waals surface area contributed by atoms with Crippen LogP contribution in [0.2, 0.25) is 0 Å². The first kappa shape index (κ1) is 18.1. The zero-order valence-electron chi connectivity index (χ0n) is 16.2. The van der Waals surface area contributed by atoms with E-state index < -0.39 is 0 Å². The zero-order valence-corrected chi connectivity index (χ0v) is 16.2. The van der Waals surface area contributed by atoms with Gasteiger partial charge in [0.05, 0.1) is 18.0 Å². The second-order valence-corrected chi connectivity index (χ2v) is 7.44. The van der Waals surface area contributed by atoms with E-state index in [-0.39, 0.29) is 29.5 Å². The van der Waals surface area contributed by atoms with E-state index in [1.807, 2.05) is 23.6 Å². The van der Waals surface area contributed by atoms with E-state index in [1.165, 1.54) is 11.8 Å². The molecule has 0 aliphatic carbocycles. The van der Waals surface area contributed by atoms with Crippen LogP contribution in [0.4, 0.5) is 0 Å². The van der Waals surface area contributed by atoms with Crippen LogP contribution in [0, 0.1) is 5.92 Å². The van der Waals surface area contributed by atoms with Crippen LogP contribution in [0.15, 0.2) is 23.0 Å². The van der Waals surface area contributed by atoms with Crippen LogP contribution in [0.25, 0.3) is 11.0 Å². The lowest BCUT2D eigenvalue weighted by Gasteiger charge is -2.46. The summed E-state index contributed by atoms with van der Waals surface area (Å²) in [6, 6.07) is 6.18. The molecule has 0 spiro atoms. The molecular formula is C20H27N3O4. The maximum Gasteiger partial charge on any atom is 0.362 e. The lowest BCUT2D eigenvalue weighted by molar-refractivity contribution is -0.151. The van der Waals surface area contributed by atoms with Crippen molar-refractivity contribution in [2.75, 3.05) is 26.8 Å². The minimum atomic E-state index is -0.137. The summed E-state index contributed by atoms with van der Waals surface area (Å²) in [5, 5.41) is 0. The molecule has 4 rings (SSSR count). The fraction of sp³-hybridized carbons (Fsp3) is 0.600. The monoisotopic (exact) mass is 373 g/mol. The number of carbonyl (C=O) groups excluding carboxylic acids is 1. The van der Waals surface area contributed by atoms with E-state index in [0.717, 1.165) is 36.0 Å². The van der Waals surface area contributed by atoms with Gasteiger partial charge in [0.1, 0.15) is 12.6 Å². The largest absolute Gasteiger partial charge is 0.466 e. The number of rotatable bonds is 5. The number of carbonyl (C=O) groups is 1. The van der Waals surface area contributed by atoms with Crippen molar-refractivity contribution in [1.29, 1.82) is 0 Å². The molecule has 1 fully saturated rings. The molecule has 7 heteroatoms. The van der Waals surface area contributed by atoms with Crippen LogP contribution in [0.1, 0.15) is 38.2 Å². The maximum atomic E-state index is 12.8. The number of nitrogens with zero attached hydrogens (tertiary/aromatic N) is 3. The summed E-state index contributed by atoms with van der Waals surface area (Å²) in [4.78, 5) is 33.0. The van der Waals surface area contributed by atoms with Crippen molar-refractivity contribution in [2.24, 2.45) is 5.92 Å². The Balaban J connectivity index is 1.82. The SMILES string of the molecule is CCCN1CC(C(=O)OCC)CC2c3cccc4c3n(c(=O)n4OC)CC21. The van der Waals surface area contributed by atoms with Crippen molar-refractivity contribution >= 4 is 17.0 Å². The second kappa shape index (κ2) is 7.03. The predicted molar refractivity (Wildman–Crippen MR) is 102 cm³/mol. The summed E-state index contributed by atoms with van der Waals surface area (Å²) in [6.07, 6.45) is 1.76. The highest BCUT2D eigenvalue weighted by Gasteiger charge is 2.43. The van der Waals surface area contributed by atoms with Gasteiger partial charge < -0.3 is 9.57 Å². The van der Waals surface area contributed by atoms with Gasteiger partial charge in [0.2, 0.25) is 0 Å². The van der Waals surface area contributed by atoms with E-state index in [0.29, 0.717) is 19.7 Å². The topological polar surface area (TPSA) is 65.7 Å². The summed E-state index contributed by atoms with van der Waals surface area (Å²) in [6.45, 7) is 6.62. The third-order valence-electron chi connectivity index (χ3n) is 5.95. The van der Waals surface area contributed by atoms with Gasteiger partial charge in [-0.15, -0.1) is 4.73 Å². The number of aromatic nitrogens is 2. The van der Waals surface area contributed by atoms with Gasteiger partial charge in [0.25, 0.3) is 0 Å². The minimum Gasteiger partial charge on any atom is -0.466 e. The minimum absolute atomic E-state index is 0.110. The molecule has 7 nitrogen and oxygen atoms in total. The fourth-order valence-corrected chi connectivity index (χ4v) is 4.91. The Morgan fingerprint density at radius 2 is 2.07 bits per heavy atom. The molecule has 1 saturated heterocycles. The molecule has 2 aliphatic heterocycles. The van der Waals surface area contributed by atoms with Gasteiger partial charge >= 0.3 is 11.7 Å². The number of para-hydroxylation sites is 1. The van der Waals surface area contributed by atoms with Crippen molar-refractivity contribution < 1.29 is 14.4 Å². The molecule has 3 heterocycles. The molecule has 2 aliphatic rings. The van der Waals surface area contributed by atoms with Crippen LogP contribution < -0.4 is 10.5 Å². The number of benzene rings is 1. The van der Waals surface area contributed by atoms with E-state index in [4.69, 9.17) is 9.57 Å². The summed E-state index contributed by atoms with van der Waals surface area (Å²) in [5.41, 5.74) is 2.72. The smallest absolute Gasteiger partial charge is 0.362 e. The first-order valence-corrected chi connectivity index (χ1v) is 9.80. The summed E-state index contributed by atoms with van der Waals surface area (Å²) in [7, 11) is 1.52. The molecule has 0 amide bonds. The maximum absolute atomic E-state index is 12.8. The molecule has 2 aromatic rings. The number of hydrogen-bond donors (Lipinski definition) is 0. The first-order chi connectivity index (χ1) is 13.1. The van der Waals surface area contributed by atoms with Crippen LogP contribution in [0.3, 0.4) is 0 Å². The Morgan fingerprint density at radius 3 is 2.78 bits per heavy atom. The third kappa shape index (κ3) is 2.76. The zero-order chi connectivity index (χ0) is 19.1. The van der Waals surface area contributed by atoms with Crippen molar-refractivity contribution in [1.82, 2.24) is 14.2 Å². The Labute approximate surface area is 158 Å². The molecule has 0 saturated carbocycles. The highest BCUT2D eigenvalue weighted by molar-refractivity contribution is 5.81. The normalized spacial score (nSPS) is 24.6. The number of likely N-dealkylation sites (tertiary alicyclic amines) is 1. The van der Waals surface area contributed by atoms with E-state index in [9.17, 15) is 9.59 Å². The van der Waals surface area contributed by atoms with Crippen LogP contribution >= 0.6 is 0 Å². The Kier molecular flexibility index (Phi) is 4.72. The van der Waals surface area contributed by atoms with Crippen molar-refractivity contribution in [3.05, 3.63) is 34.2 Å². The Morgan fingerprint density at radius 1 is 1.26 bits per heavy atom. The number of imidazole rings is 1. The van der Waals surface area contributed by atoms with Gasteiger partial charge in [0, 0.05) is 25.0 Å². The molecule has 27 heavy (non-hydrogen) atoms. The average molecular weight is 373 g/mol. The lowest BCUT2D eigenvalue weighted by atomic mass is 9.76. The van der Waals surface area contributed by atoms with E-state index in [1.54, 1.807) is 0 Å². The molecule has 0 bridgehead atoms. The Bertz CT molecular complexity index is 916. The molecule has 146 valence electrons. The molecule has 3 unspecified atom stereocenters. The number of hydrogen-bond acceptors (Lipinski definition) is 5. The average Bonchev–Trinajstić information content (AvgIpc) is 2.95. The summed E-state index contributed by atoms with van der Waals surface area (Å²) in [5.74, 6) is -0.0343.